The minimum absolute atomic E-state index is 0.125. The molecule has 0 aliphatic rings. The quantitative estimate of drug-likeness (QED) is 0.710. The van der Waals surface area contributed by atoms with Crippen molar-refractivity contribution in [3.63, 3.8) is 0 Å². The van der Waals surface area contributed by atoms with E-state index in [4.69, 9.17) is 11.6 Å². The molecule has 0 atom stereocenters. The van der Waals surface area contributed by atoms with Crippen LogP contribution in [0.4, 0.5) is 13.2 Å². The zero-order valence-electron chi connectivity index (χ0n) is 9.85. The molecule has 0 spiro atoms. The van der Waals surface area contributed by atoms with Crippen molar-refractivity contribution in [1.82, 2.24) is 4.98 Å². The van der Waals surface area contributed by atoms with Crippen molar-refractivity contribution in [1.29, 1.82) is 0 Å². The molecule has 2 rings (SSSR count). The van der Waals surface area contributed by atoms with Gasteiger partial charge in [-0.05, 0) is 23.6 Å². The summed E-state index contributed by atoms with van der Waals surface area (Å²) in [6.07, 6.45) is -2.95. The second kappa shape index (κ2) is 4.43. The number of halogens is 4. The van der Waals surface area contributed by atoms with Crippen molar-refractivity contribution in [2.24, 2.45) is 0 Å². The first kappa shape index (κ1) is 13.1. The predicted molar refractivity (Wildman–Crippen MR) is 65.8 cm³/mol. The molecule has 0 fully saturated rings. The fraction of sp³-hybridized carbons (Fsp3) is 0.308. The molecule has 0 N–H and O–H groups in total. The molecule has 18 heavy (non-hydrogen) atoms. The van der Waals surface area contributed by atoms with E-state index in [0.29, 0.717) is 15.9 Å². The monoisotopic (exact) mass is 273 g/mol. The molecule has 0 saturated heterocycles. The first-order valence-electron chi connectivity index (χ1n) is 5.46. The third-order valence-corrected chi connectivity index (χ3v) is 3.07. The molecule has 0 unspecified atom stereocenters. The van der Waals surface area contributed by atoms with E-state index >= 15 is 0 Å². The smallest absolute Gasteiger partial charge is 0.255 e. The number of aromatic nitrogens is 1. The molecular formula is C13H11ClF3N. The molecule has 1 aromatic heterocycles. The first-order chi connectivity index (χ1) is 8.30. The van der Waals surface area contributed by atoms with E-state index in [1.54, 1.807) is 0 Å². The van der Waals surface area contributed by atoms with Crippen molar-refractivity contribution in [2.45, 2.75) is 25.9 Å². The zero-order chi connectivity index (χ0) is 13.5. The van der Waals surface area contributed by atoms with E-state index in [-0.39, 0.29) is 5.92 Å². The SMILES string of the molecule is CC(C)c1c(Cl)cnc2cc(C(F)(F)F)ccc12. The molecule has 96 valence electrons. The van der Waals surface area contributed by atoms with Crippen molar-refractivity contribution < 1.29 is 13.2 Å². The van der Waals surface area contributed by atoms with E-state index in [9.17, 15) is 13.2 Å². The van der Waals surface area contributed by atoms with Gasteiger partial charge in [0.1, 0.15) is 0 Å². The minimum Gasteiger partial charge on any atom is -0.255 e. The summed E-state index contributed by atoms with van der Waals surface area (Å²) in [5.74, 6) is 0.125. The fourth-order valence-electron chi connectivity index (χ4n) is 1.95. The summed E-state index contributed by atoms with van der Waals surface area (Å²) in [6, 6.07) is 3.55. The highest BCUT2D eigenvalue weighted by molar-refractivity contribution is 6.32. The number of benzene rings is 1. The largest absolute Gasteiger partial charge is 0.416 e. The molecule has 0 saturated carbocycles. The molecule has 0 bridgehead atoms. The lowest BCUT2D eigenvalue weighted by Gasteiger charge is -2.13. The van der Waals surface area contributed by atoms with Crippen molar-refractivity contribution in [3.8, 4) is 0 Å². The van der Waals surface area contributed by atoms with Crippen LogP contribution in [0.5, 0.6) is 0 Å². The lowest BCUT2D eigenvalue weighted by Crippen LogP contribution is -2.05. The third kappa shape index (κ3) is 2.29. The highest BCUT2D eigenvalue weighted by Gasteiger charge is 2.30. The lowest BCUT2D eigenvalue weighted by molar-refractivity contribution is -0.137. The van der Waals surface area contributed by atoms with Crippen LogP contribution < -0.4 is 0 Å². The van der Waals surface area contributed by atoms with Crippen LogP contribution in [0, 0.1) is 0 Å². The van der Waals surface area contributed by atoms with Crippen LogP contribution in [0.25, 0.3) is 10.9 Å². The van der Waals surface area contributed by atoms with Gasteiger partial charge in [0.2, 0.25) is 0 Å². The molecule has 1 nitrogen and oxygen atoms in total. The Bertz CT molecular complexity index is 591. The van der Waals surface area contributed by atoms with Crippen LogP contribution in [0.3, 0.4) is 0 Å². The van der Waals surface area contributed by atoms with Crippen molar-refractivity contribution >= 4 is 22.5 Å². The number of fused-ring (bicyclic) bond motifs is 1. The van der Waals surface area contributed by atoms with Gasteiger partial charge in [-0.2, -0.15) is 13.2 Å². The normalized spacial score (nSPS) is 12.4. The van der Waals surface area contributed by atoms with Crippen LogP contribution in [0.2, 0.25) is 5.02 Å². The molecular weight excluding hydrogens is 263 g/mol. The summed E-state index contributed by atoms with van der Waals surface area (Å²) in [7, 11) is 0. The van der Waals surface area contributed by atoms with Gasteiger partial charge in [0.15, 0.2) is 0 Å². The maximum Gasteiger partial charge on any atom is 0.416 e. The number of pyridine rings is 1. The number of rotatable bonds is 1. The van der Waals surface area contributed by atoms with Gasteiger partial charge in [0.25, 0.3) is 0 Å². The van der Waals surface area contributed by atoms with Crippen molar-refractivity contribution in [2.75, 3.05) is 0 Å². The van der Waals surface area contributed by atoms with Gasteiger partial charge in [0.05, 0.1) is 16.1 Å². The van der Waals surface area contributed by atoms with E-state index in [1.165, 1.54) is 12.3 Å². The van der Waals surface area contributed by atoms with Crippen LogP contribution in [0.15, 0.2) is 24.4 Å². The van der Waals surface area contributed by atoms with Gasteiger partial charge >= 0.3 is 6.18 Å². The Morgan fingerprint density at radius 3 is 2.44 bits per heavy atom. The average molecular weight is 274 g/mol. The van der Waals surface area contributed by atoms with Gasteiger partial charge in [-0.1, -0.05) is 31.5 Å². The van der Waals surface area contributed by atoms with Gasteiger partial charge in [-0.3, -0.25) is 4.98 Å². The minimum atomic E-state index is -4.35. The molecule has 0 amide bonds. The predicted octanol–water partition coefficient (Wildman–Crippen LogP) is 5.03. The van der Waals surface area contributed by atoms with Crippen LogP contribution in [0.1, 0.15) is 30.9 Å². The number of hydrogen-bond donors (Lipinski definition) is 0. The van der Waals surface area contributed by atoms with E-state index < -0.39 is 11.7 Å². The molecule has 0 aliphatic carbocycles. The summed E-state index contributed by atoms with van der Waals surface area (Å²) < 4.78 is 37.8. The summed E-state index contributed by atoms with van der Waals surface area (Å²) in [5.41, 5.74) is 0.452. The topological polar surface area (TPSA) is 12.9 Å². The Hall–Kier alpha value is -1.29. The Morgan fingerprint density at radius 1 is 1.22 bits per heavy atom. The summed E-state index contributed by atoms with van der Waals surface area (Å²) in [4.78, 5) is 3.97. The Balaban J connectivity index is 2.71. The standard InChI is InChI=1S/C13H11ClF3N/c1-7(2)12-9-4-3-8(13(15,16)17)5-11(9)18-6-10(12)14/h3-7H,1-2H3. The molecule has 0 radical (unpaired) electrons. The summed E-state index contributed by atoms with van der Waals surface area (Å²) >= 11 is 6.04. The first-order valence-corrected chi connectivity index (χ1v) is 5.84. The second-order valence-corrected chi connectivity index (χ2v) is 4.81. The highest BCUT2D eigenvalue weighted by atomic mass is 35.5. The number of nitrogens with zero attached hydrogens (tertiary/aromatic N) is 1. The number of hydrogen-bond acceptors (Lipinski definition) is 1. The van der Waals surface area contributed by atoms with Gasteiger partial charge < -0.3 is 0 Å². The molecule has 2 aromatic rings. The van der Waals surface area contributed by atoms with Crippen LogP contribution >= 0.6 is 11.6 Å². The summed E-state index contributed by atoms with van der Waals surface area (Å²) in [5, 5.41) is 1.16. The second-order valence-electron chi connectivity index (χ2n) is 4.40. The highest BCUT2D eigenvalue weighted by Crippen LogP contribution is 2.35. The molecule has 5 heteroatoms. The van der Waals surface area contributed by atoms with E-state index in [0.717, 1.165) is 17.7 Å². The summed E-state index contributed by atoms with van der Waals surface area (Å²) in [6.45, 7) is 3.89. The fourth-order valence-corrected chi connectivity index (χ4v) is 2.32. The van der Waals surface area contributed by atoms with Gasteiger partial charge in [-0.15, -0.1) is 0 Å². The average Bonchev–Trinajstić information content (AvgIpc) is 2.26. The van der Waals surface area contributed by atoms with Crippen LogP contribution in [-0.2, 0) is 6.18 Å². The van der Waals surface area contributed by atoms with Gasteiger partial charge in [-0.25, -0.2) is 0 Å². The number of alkyl halides is 3. The van der Waals surface area contributed by atoms with Crippen LogP contribution in [-0.4, -0.2) is 4.98 Å². The molecule has 1 aromatic carbocycles. The maximum absolute atomic E-state index is 12.6. The Kier molecular flexibility index (Phi) is 3.23. The molecule has 1 heterocycles. The maximum atomic E-state index is 12.6. The van der Waals surface area contributed by atoms with E-state index in [2.05, 4.69) is 4.98 Å². The van der Waals surface area contributed by atoms with Crippen molar-refractivity contribution in [3.05, 3.63) is 40.5 Å². The Morgan fingerprint density at radius 2 is 1.89 bits per heavy atom. The molecule has 0 aliphatic heterocycles. The van der Waals surface area contributed by atoms with Gasteiger partial charge in [0, 0.05) is 11.6 Å². The third-order valence-electron chi connectivity index (χ3n) is 2.77. The zero-order valence-corrected chi connectivity index (χ0v) is 10.6. The Labute approximate surface area is 108 Å². The van der Waals surface area contributed by atoms with E-state index in [1.807, 2.05) is 13.8 Å². The lowest BCUT2D eigenvalue weighted by atomic mass is 9.98.